The first-order valence-electron chi connectivity index (χ1n) is 14.5. The molecule has 5 rings (SSSR count). The Morgan fingerprint density at radius 1 is 1.04 bits per heavy atom. The molecule has 0 bridgehead atoms. The number of nitrogens with one attached hydrogen (secondary N) is 1. The number of rotatable bonds is 13. The third kappa shape index (κ3) is 7.82. The Kier molecular flexibility index (Phi) is 11.0. The van der Waals surface area contributed by atoms with Gasteiger partial charge in [-0.05, 0) is 72.1 Å². The number of aliphatic hydroxyl groups is 1. The number of hydrogen-bond acceptors (Lipinski definition) is 6. The molecule has 0 saturated carbocycles. The van der Waals surface area contributed by atoms with Crippen molar-refractivity contribution in [1.29, 1.82) is 0 Å². The van der Waals surface area contributed by atoms with Gasteiger partial charge in [-0.2, -0.15) is 0 Å². The maximum Gasteiger partial charge on any atom is 0.252 e. The van der Waals surface area contributed by atoms with Crippen LogP contribution in [0.4, 0.5) is 0 Å². The second-order valence-electron chi connectivity index (χ2n) is 10.6. The van der Waals surface area contributed by atoms with Crippen molar-refractivity contribution in [3.63, 3.8) is 0 Å². The van der Waals surface area contributed by atoms with Crippen LogP contribution in [0.3, 0.4) is 0 Å². The number of ether oxygens (including phenoxy) is 3. The fourth-order valence-corrected chi connectivity index (χ4v) is 6.03. The van der Waals surface area contributed by atoms with Crippen LogP contribution in [0.1, 0.15) is 34.8 Å². The third-order valence-corrected chi connectivity index (χ3v) is 8.63. The number of halogens is 3. The van der Waals surface area contributed by atoms with Gasteiger partial charge >= 0.3 is 0 Å². The molecule has 0 aliphatic carbocycles. The Labute approximate surface area is 281 Å². The first-order chi connectivity index (χ1) is 21.8. The van der Waals surface area contributed by atoms with Gasteiger partial charge in [0.1, 0.15) is 11.5 Å². The molecule has 1 aliphatic rings. The zero-order valence-electron chi connectivity index (χ0n) is 24.6. The summed E-state index contributed by atoms with van der Waals surface area (Å²) in [6.07, 6.45) is 0.487. The van der Waals surface area contributed by atoms with Gasteiger partial charge in [-0.25, -0.2) is 4.99 Å². The molecule has 0 fully saturated rings. The molecule has 10 heteroatoms. The van der Waals surface area contributed by atoms with Gasteiger partial charge in [-0.1, -0.05) is 75.5 Å². The topological polar surface area (TPSA) is 89.4 Å². The Morgan fingerprint density at radius 2 is 1.80 bits per heavy atom. The van der Waals surface area contributed by atoms with Crippen LogP contribution in [0.2, 0.25) is 10.0 Å². The van der Waals surface area contributed by atoms with Crippen molar-refractivity contribution in [2.45, 2.75) is 30.9 Å². The largest absolute Gasteiger partial charge is 0.496 e. The molecule has 1 heterocycles. The van der Waals surface area contributed by atoms with E-state index in [0.29, 0.717) is 58.8 Å². The quantitative estimate of drug-likeness (QED) is 0.141. The molecule has 0 aromatic heterocycles. The van der Waals surface area contributed by atoms with E-state index in [1.807, 2.05) is 72.8 Å². The summed E-state index contributed by atoms with van der Waals surface area (Å²) in [6, 6.07) is 28.0. The number of nitrogens with zero attached hydrogens (tertiary/aromatic N) is 1. The number of benzene rings is 4. The maximum absolute atomic E-state index is 14.5. The van der Waals surface area contributed by atoms with Crippen molar-refractivity contribution in [2.24, 2.45) is 4.99 Å². The van der Waals surface area contributed by atoms with E-state index in [0.717, 1.165) is 21.3 Å². The number of carbonyl (C=O) groups is 1. The van der Waals surface area contributed by atoms with Crippen LogP contribution >= 0.6 is 39.1 Å². The molecular weight excluding hydrogens is 679 g/mol. The number of hydrogen-bond donors (Lipinski definition) is 2. The fourth-order valence-electron chi connectivity index (χ4n) is 5.26. The lowest BCUT2D eigenvalue weighted by atomic mass is 9.82. The molecule has 0 radical (unpaired) electrons. The lowest BCUT2D eigenvalue weighted by molar-refractivity contribution is -0.128. The van der Waals surface area contributed by atoms with Gasteiger partial charge in [0.25, 0.3) is 5.91 Å². The molecule has 4 aromatic carbocycles. The van der Waals surface area contributed by atoms with Gasteiger partial charge in [0.2, 0.25) is 5.90 Å². The molecule has 2 atom stereocenters. The Balaban J connectivity index is 1.54. The zero-order chi connectivity index (χ0) is 31.8. The standard InChI is InChI=1S/C35H33BrCl2N2O5/c1-43-31-6-3-2-5-24(31)17-18-39-34(42)35(22-23-7-11-26(36)12-8-23)32(29-16-13-27(37)21-30(29)38)45-33(40-35)25-9-14-28(15-10-25)44-20-4-19-41/h2-3,5-16,21,32,41H,4,17-20,22H2,1H3,(H,39,42)/t32-,35-/m1/s1. The second-order valence-corrected chi connectivity index (χ2v) is 12.3. The van der Waals surface area contributed by atoms with E-state index in [-0.39, 0.29) is 18.9 Å². The molecule has 0 spiro atoms. The molecule has 0 unspecified atom stereocenters. The van der Waals surface area contributed by atoms with E-state index in [1.54, 1.807) is 25.3 Å². The van der Waals surface area contributed by atoms with Gasteiger partial charge in [-0.15, -0.1) is 0 Å². The molecule has 2 N–H and O–H groups in total. The normalized spacial score (nSPS) is 17.4. The van der Waals surface area contributed by atoms with Crippen LogP contribution in [-0.4, -0.2) is 49.3 Å². The van der Waals surface area contributed by atoms with E-state index in [1.165, 1.54) is 0 Å². The minimum absolute atomic E-state index is 0.0543. The molecular formula is C35H33BrCl2N2O5. The molecule has 4 aromatic rings. The number of para-hydroxylation sites is 1. The van der Waals surface area contributed by atoms with E-state index >= 15 is 0 Å². The van der Waals surface area contributed by atoms with Crippen LogP contribution in [0.5, 0.6) is 11.5 Å². The molecule has 1 amide bonds. The summed E-state index contributed by atoms with van der Waals surface area (Å²) in [6.45, 7) is 0.807. The van der Waals surface area contributed by atoms with Crippen LogP contribution < -0.4 is 14.8 Å². The minimum Gasteiger partial charge on any atom is -0.496 e. The molecule has 234 valence electrons. The van der Waals surface area contributed by atoms with Crippen LogP contribution in [0.15, 0.2) is 100 Å². The van der Waals surface area contributed by atoms with Crippen molar-refractivity contribution in [3.05, 3.63) is 128 Å². The highest BCUT2D eigenvalue weighted by Crippen LogP contribution is 2.45. The summed E-state index contributed by atoms with van der Waals surface area (Å²) in [5.74, 6) is 1.42. The lowest BCUT2D eigenvalue weighted by Crippen LogP contribution is -2.50. The van der Waals surface area contributed by atoms with Gasteiger partial charge < -0.3 is 24.6 Å². The SMILES string of the molecule is COc1ccccc1CCNC(=O)[C@]1(Cc2ccc(Br)cc2)N=C(c2ccc(OCCCO)cc2)O[C@@H]1c1ccc(Cl)cc1Cl. The highest BCUT2D eigenvalue weighted by Gasteiger charge is 2.53. The van der Waals surface area contributed by atoms with Gasteiger partial charge in [0.05, 0.1) is 13.7 Å². The first kappa shape index (κ1) is 32.8. The summed E-state index contributed by atoms with van der Waals surface area (Å²) in [5, 5.41) is 13.0. The zero-order valence-corrected chi connectivity index (χ0v) is 27.7. The van der Waals surface area contributed by atoms with E-state index in [9.17, 15) is 4.79 Å². The smallest absolute Gasteiger partial charge is 0.252 e. The van der Waals surface area contributed by atoms with Gasteiger partial charge in [-0.3, -0.25) is 4.79 Å². The van der Waals surface area contributed by atoms with Crippen LogP contribution in [0, 0.1) is 0 Å². The number of carbonyl (C=O) groups excluding carboxylic acids is 1. The number of aliphatic imine (C=N–C) groups is 1. The Hall–Kier alpha value is -3.56. The summed E-state index contributed by atoms with van der Waals surface area (Å²) in [4.78, 5) is 19.5. The van der Waals surface area contributed by atoms with Crippen molar-refractivity contribution >= 4 is 50.9 Å². The summed E-state index contributed by atoms with van der Waals surface area (Å²) in [7, 11) is 1.63. The average molecular weight is 712 g/mol. The van der Waals surface area contributed by atoms with Crippen molar-refractivity contribution < 1.29 is 24.1 Å². The van der Waals surface area contributed by atoms with Gasteiger partial charge in [0, 0.05) is 51.6 Å². The van der Waals surface area contributed by atoms with Crippen LogP contribution in [-0.2, 0) is 22.4 Å². The maximum atomic E-state index is 14.5. The third-order valence-electron chi connectivity index (χ3n) is 7.53. The molecule has 7 nitrogen and oxygen atoms in total. The first-order valence-corrected chi connectivity index (χ1v) is 16.1. The van der Waals surface area contributed by atoms with E-state index in [2.05, 4.69) is 21.2 Å². The Bertz CT molecular complexity index is 1650. The number of methoxy groups -OCH3 is 1. The minimum atomic E-state index is -1.41. The predicted octanol–water partition coefficient (Wildman–Crippen LogP) is 7.38. The second kappa shape index (κ2) is 15.1. The summed E-state index contributed by atoms with van der Waals surface area (Å²) in [5.41, 5.74) is 1.75. The van der Waals surface area contributed by atoms with Crippen molar-refractivity contribution in [1.82, 2.24) is 5.32 Å². The highest BCUT2D eigenvalue weighted by atomic mass is 79.9. The van der Waals surface area contributed by atoms with Gasteiger partial charge in [0.15, 0.2) is 11.6 Å². The number of amides is 1. The predicted molar refractivity (Wildman–Crippen MR) is 181 cm³/mol. The highest BCUT2D eigenvalue weighted by molar-refractivity contribution is 9.10. The van der Waals surface area contributed by atoms with E-state index < -0.39 is 11.6 Å². The Morgan fingerprint density at radius 3 is 2.51 bits per heavy atom. The lowest BCUT2D eigenvalue weighted by Gasteiger charge is -2.31. The summed E-state index contributed by atoms with van der Waals surface area (Å²) < 4.78 is 18.7. The monoisotopic (exact) mass is 710 g/mol. The van der Waals surface area contributed by atoms with Crippen LogP contribution in [0.25, 0.3) is 0 Å². The number of aliphatic hydroxyl groups excluding tert-OH is 1. The molecule has 0 saturated heterocycles. The summed E-state index contributed by atoms with van der Waals surface area (Å²) >= 11 is 16.5. The molecule has 1 aliphatic heterocycles. The average Bonchev–Trinajstić information content (AvgIpc) is 3.42. The van der Waals surface area contributed by atoms with E-state index in [4.69, 9.17) is 47.5 Å². The molecule has 45 heavy (non-hydrogen) atoms. The van der Waals surface area contributed by atoms with Crippen molar-refractivity contribution in [2.75, 3.05) is 26.9 Å². The van der Waals surface area contributed by atoms with Crippen molar-refractivity contribution in [3.8, 4) is 11.5 Å². The fraction of sp³-hybridized carbons (Fsp3) is 0.257.